The number of piperidine rings is 1. The second kappa shape index (κ2) is 7.51. The van der Waals surface area contributed by atoms with Gasteiger partial charge in [-0.3, -0.25) is 15.0 Å². The topological polar surface area (TPSA) is 75.9 Å². The van der Waals surface area contributed by atoms with Gasteiger partial charge in [0.25, 0.3) is 5.91 Å². The minimum absolute atomic E-state index is 0.170. The van der Waals surface area contributed by atoms with Gasteiger partial charge in [-0.25, -0.2) is 9.67 Å². The molecule has 7 nitrogen and oxygen atoms in total. The molecule has 0 spiro atoms. The van der Waals surface area contributed by atoms with Gasteiger partial charge in [0.2, 0.25) is 0 Å². The first-order valence-electron chi connectivity index (χ1n) is 9.04. The normalized spacial score (nSPS) is 15.4. The van der Waals surface area contributed by atoms with Gasteiger partial charge in [-0.05, 0) is 51.1 Å². The number of aromatic nitrogens is 4. The van der Waals surface area contributed by atoms with Crippen LogP contribution in [0.15, 0.2) is 23.6 Å². The lowest BCUT2D eigenvalue weighted by Crippen LogP contribution is -2.29. The lowest BCUT2D eigenvalue weighted by Gasteiger charge is -2.25. The summed E-state index contributed by atoms with van der Waals surface area (Å²) in [5.74, 6) is -0.170. The molecule has 3 heterocycles. The van der Waals surface area contributed by atoms with Crippen molar-refractivity contribution in [2.24, 2.45) is 0 Å². The Morgan fingerprint density at radius 3 is 2.92 bits per heavy atom. The van der Waals surface area contributed by atoms with Crippen LogP contribution in [0.5, 0.6) is 0 Å². The number of fused-ring (bicyclic) bond motifs is 1. The van der Waals surface area contributed by atoms with Gasteiger partial charge in [0.05, 0.1) is 11.2 Å². The highest BCUT2D eigenvalue weighted by molar-refractivity contribution is 7.13. The fraction of sp³-hybridized carbons (Fsp3) is 0.444. The molecule has 1 aliphatic heterocycles. The van der Waals surface area contributed by atoms with E-state index in [4.69, 9.17) is 0 Å². The van der Waals surface area contributed by atoms with E-state index >= 15 is 0 Å². The van der Waals surface area contributed by atoms with Crippen LogP contribution in [-0.4, -0.2) is 43.9 Å². The highest BCUT2D eigenvalue weighted by Gasteiger charge is 2.14. The predicted molar refractivity (Wildman–Crippen MR) is 102 cm³/mol. The first-order chi connectivity index (χ1) is 12.7. The Bertz CT molecular complexity index is 911. The van der Waals surface area contributed by atoms with Crippen LogP contribution in [0, 0.1) is 0 Å². The molecular weight excluding hydrogens is 348 g/mol. The zero-order chi connectivity index (χ0) is 17.9. The Morgan fingerprint density at radius 2 is 2.12 bits per heavy atom. The summed E-state index contributed by atoms with van der Waals surface area (Å²) in [6.07, 6.45) is 3.85. The third-order valence-corrected chi connectivity index (χ3v) is 5.49. The average molecular weight is 370 g/mol. The first kappa shape index (κ1) is 17.1. The molecule has 1 fully saturated rings. The van der Waals surface area contributed by atoms with Gasteiger partial charge in [-0.15, -0.1) is 16.4 Å². The number of rotatable bonds is 5. The number of amides is 1. The molecule has 0 bridgehead atoms. The number of hydrogen-bond acceptors (Lipinski definition) is 6. The standard InChI is InChI=1S/C18H22N6OS/c1-2-24-16-7-6-13(10-15(16)21-22-24)17(25)20-18-19-14(12-26-18)11-23-8-4-3-5-9-23/h6-7,10,12H,2-5,8-9,11H2,1H3,(H,19,20,25). The zero-order valence-corrected chi connectivity index (χ0v) is 15.6. The Labute approximate surface area is 156 Å². The van der Waals surface area contributed by atoms with Crippen molar-refractivity contribution in [2.45, 2.75) is 39.3 Å². The summed E-state index contributed by atoms with van der Waals surface area (Å²) in [5.41, 5.74) is 3.24. The Kier molecular flexibility index (Phi) is 4.94. The van der Waals surface area contributed by atoms with Crippen LogP contribution in [-0.2, 0) is 13.1 Å². The number of carbonyl (C=O) groups is 1. The molecular formula is C18H22N6OS. The van der Waals surface area contributed by atoms with Crippen molar-refractivity contribution in [3.8, 4) is 0 Å². The number of thiazole rings is 1. The summed E-state index contributed by atoms with van der Waals surface area (Å²) in [6.45, 7) is 5.90. The SMILES string of the molecule is CCn1nnc2cc(C(=O)Nc3nc(CN4CCCCC4)cs3)ccc21. The van der Waals surface area contributed by atoms with Crippen LogP contribution in [0.2, 0.25) is 0 Å². The van der Waals surface area contributed by atoms with Crippen molar-refractivity contribution in [1.82, 2.24) is 24.9 Å². The van der Waals surface area contributed by atoms with Gasteiger partial charge in [0.1, 0.15) is 5.52 Å². The summed E-state index contributed by atoms with van der Waals surface area (Å²) in [6, 6.07) is 5.46. The van der Waals surface area contributed by atoms with E-state index in [0.717, 1.165) is 42.9 Å². The summed E-state index contributed by atoms with van der Waals surface area (Å²) in [7, 11) is 0. The third kappa shape index (κ3) is 3.61. The Balaban J connectivity index is 1.43. The molecule has 3 aromatic rings. The number of carbonyl (C=O) groups excluding carboxylic acids is 1. The molecule has 2 aromatic heterocycles. The van der Waals surface area contributed by atoms with Gasteiger partial charge in [0, 0.05) is 24.0 Å². The molecule has 1 aliphatic rings. The monoisotopic (exact) mass is 370 g/mol. The minimum Gasteiger partial charge on any atom is -0.298 e. The number of hydrogen-bond donors (Lipinski definition) is 1. The summed E-state index contributed by atoms with van der Waals surface area (Å²) < 4.78 is 1.81. The number of benzene rings is 1. The molecule has 1 saturated heterocycles. The molecule has 1 amide bonds. The van der Waals surface area contributed by atoms with Gasteiger partial charge < -0.3 is 0 Å². The van der Waals surface area contributed by atoms with Gasteiger partial charge in [-0.1, -0.05) is 11.6 Å². The second-order valence-electron chi connectivity index (χ2n) is 6.54. The zero-order valence-electron chi connectivity index (χ0n) is 14.8. The predicted octanol–water partition coefficient (Wildman–Crippen LogP) is 3.15. The van der Waals surface area contributed by atoms with Gasteiger partial charge in [0.15, 0.2) is 5.13 Å². The molecule has 8 heteroatoms. The largest absolute Gasteiger partial charge is 0.298 e. The number of anilines is 1. The highest BCUT2D eigenvalue weighted by atomic mass is 32.1. The number of nitrogens with one attached hydrogen (secondary N) is 1. The smallest absolute Gasteiger partial charge is 0.257 e. The van der Waals surface area contributed by atoms with E-state index in [2.05, 4.69) is 25.5 Å². The van der Waals surface area contributed by atoms with E-state index in [-0.39, 0.29) is 5.91 Å². The molecule has 0 saturated carbocycles. The highest BCUT2D eigenvalue weighted by Crippen LogP contribution is 2.20. The van der Waals surface area contributed by atoms with E-state index in [0.29, 0.717) is 10.7 Å². The van der Waals surface area contributed by atoms with Crippen LogP contribution in [0.3, 0.4) is 0 Å². The van der Waals surface area contributed by atoms with Crippen molar-refractivity contribution >= 4 is 33.4 Å². The molecule has 0 unspecified atom stereocenters. The molecule has 26 heavy (non-hydrogen) atoms. The maximum Gasteiger partial charge on any atom is 0.257 e. The van der Waals surface area contributed by atoms with Crippen molar-refractivity contribution in [2.75, 3.05) is 18.4 Å². The Hall–Kier alpha value is -2.32. The Morgan fingerprint density at radius 1 is 1.27 bits per heavy atom. The molecule has 136 valence electrons. The van der Waals surface area contributed by atoms with Crippen LogP contribution in [0.4, 0.5) is 5.13 Å². The summed E-state index contributed by atoms with van der Waals surface area (Å²) in [5, 5.41) is 13.8. The fourth-order valence-electron chi connectivity index (χ4n) is 3.30. The number of nitrogens with zero attached hydrogens (tertiary/aromatic N) is 5. The van der Waals surface area contributed by atoms with Crippen molar-refractivity contribution in [3.63, 3.8) is 0 Å². The van der Waals surface area contributed by atoms with Crippen molar-refractivity contribution in [1.29, 1.82) is 0 Å². The van der Waals surface area contributed by atoms with Gasteiger partial charge in [-0.2, -0.15) is 0 Å². The number of likely N-dealkylation sites (tertiary alicyclic amines) is 1. The molecule has 1 aromatic carbocycles. The van der Waals surface area contributed by atoms with E-state index < -0.39 is 0 Å². The second-order valence-corrected chi connectivity index (χ2v) is 7.40. The van der Waals surface area contributed by atoms with Crippen molar-refractivity contribution in [3.05, 3.63) is 34.8 Å². The molecule has 0 atom stereocenters. The van der Waals surface area contributed by atoms with Crippen LogP contribution in [0.25, 0.3) is 11.0 Å². The molecule has 1 N–H and O–H groups in total. The first-order valence-corrected chi connectivity index (χ1v) is 9.92. The quantitative estimate of drug-likeness (QED) is 0.747. The summed E-state index contributed by atoms with van der Waals surface area (Å²) >= 11 is 1.47. The minimum atomic E-state index is -0.170. The van der Waals surface area contributed by atoms with Crippen LogP contribution in [0.1, 0.15) is 42.2 Å². The maximum absolute atomic E-state index is 12.5. The van der Waals surface area contributed by atoms with Gasteiger partial charge >= 0.3 is 0 Å². The van der Waals surface area contributed by atoms with E-state index in [1.165, 1.54) is 30.6 Å². The molecule has 0 radical (unpaired) electrons. The van der Waals surface area contributed by atoms with Crippen molar-refractivity contribution < 1.29 is 4.79 Å². The maximum atomic E-state index is 12.5. The molecule has 0 aliphatic carbocycles. The van der Waals surface area contributed by atoms with Crippen LogP contribution >= 0.6 is 11.3 Å². The lowest BCUT2D eigenvalue weighted by molar-refractivity contribution is 0.102. The third-order valence-electron chi connectivity index (χ3n) is 4.68. The van der Waals surface area contributed by atoms with E-state index in [1.54, 1.807) is 12.1 Å². The summed E-state index contributed by atoms with van der Waals surface area (Å²) in [4.78, 5) is 19.5. The number of aryl methyl sites for hydroxylation is 1. The van der Waals surface area contributed by atoms with Crippen LogP contribution < -0.4 is 5.32 Å². The lowest BCUT2D eigenvalue weighted by atomic mass is 10.1. The van der Waals surface area contributed by atoms with E-state index in [9.17, 15) is 4.79 Å². The van der Waals surface area contributed by atoms with E-state index in [1.807, 2.05) is 23.1 Å². The molecule has 4 rings (SSSR count). The average Bonchev–Trinajstić information content (AvgIpc) is 3.28. The fourth-order valence-corrected chi connectivity index (χ4v) is 4.00.